The van der Waals surface area contributed by atoms with Gasteiger partial charge in [0.25, 0.3) is 0 Å². The lowest BCUT2D eigenvalue weighted by atomic mass is 9.90. The highest BCUT2D eigenvalue weighted by atomic mass is 15.3. The lowest BCUT2D eigenvalue weighted by Crippen LogP contribution is -2.51. The standard InChI is InChI=1S/C18H29N3/c1-2-16-13-21(11-9-18(16)19)17-8-10-20(14-17)12-15-6-4-3-5-7-15/h3-7,16-18H,2,8-14,19H2,1H3. The molecule has 1 aromatic rings. The van der Waals surface area contributed by atoms with Gasteiger partial charge in [-0.2, -0.15) is 0 Å². The Labute approximate surface area is 129 Å². The molecule has 2 saturated heterocycles. The Morgan fingerprint density at radius 2 is 1.90 bits per heavy atom. The Bertz CT molecular complexity index is 433. The third kappa shape index (κ3) is 3.65. The molecule has 21 heavy (non-hydrogen) atoms. The molecule has 116 valence electrons. The van der Waals surface area contributed by atoms with Crippen LogP contribution in [0.1, 0.15) is 31.7 Å². The average Bonchev–Trinajstić information content (AvgIpc) is 2.97. The first-order valence-electron chi connectivity index (χ1n) is 8.52. The molecule has 2 N–H and O–H groups in total. The van der Waals surface area contributed by atoms with Crippen LogP contribution in [-0.4, -0.2) is 48.1 Å². The number of rotatable bonds is 4. The van der Waals surface area contributed by atoms with Crippen molar-refractivity contribution in [1.29, 1.82) is 0 Å². The van der Waals surface area contributed by atoms with E-state index in [2.05, 4.69) is 47.1 Å². The van der Waals surface area contributed by atoms with Crippen LogP contribution in [0.2, 0.25) is 0 Å². The second-order valence-corrected chi connectivity index (χ2v) is 6.78. The summed E-state index contributed by atoms with van der Waals surface area (Å²) in [6.07, 6.45) is 3.71. The molecule has 0 radical (unpaired) electrons. The SMILES string of the molecule is CCC1CN(C2CCN(Cc3ccccc3)C2)CCC1N. The van der Waals surface area contributed by atoms with Crippen LogP contribution < -0.4 is 5.73 Å². The van der Waals surface area contributed by atoms with Gasteiger partial charge in [0.15, 0.2) is 0 Å². The van der Waals surface area contributed by atoms with Crippen molar-refractivity contribution >= 4 is 0 Å². The van der Waals surface area contributed by atoms with E-state index in [9.17, 15) is 0 Å². The zero-order chi connectivity index (χ0) is 14.7. The highest BCUT2D eigenvalue weighted by Gasteiger charge is 2.33. The molecule has 3 atom stereocenters. The Hall–Kier alpha value is -0.900. The number of hydrogen-bond donors (Lipinski definition) is 1. The molecule has 1 aromatic carbocycles. The average molecular weight is 287 g/mol. The summed E-state index contributed by atoms with van der Waals surface area (Å²) in [4.78, 5) is 5.32. The fourth-order valence-corrected chi connectivity index (χ4v) is 3.94. The van der Waals surface area contributed by atoms with E-state index in [1.54, 1.807) is 0 Å². The number of likely N-dealkylation sites (tertiary alicyclic amines) is 2. The monoisotopic (exact) mass is 287 g/mol. The third-order valence-electron chi connectivity index (χ3n) is 5.36. The van der Waals surface area contributed by atoms with E-state index >= 15 is 0 Å². The molecular formula is C18H29N3. The van der Waals surface area contributed by atoms with Crippen LogP contribution >= 0.6 is 0 Å². The minimum absolute atomic E-state index is 0.424. The first-order valence-corrected chi connectivity index (χ1v) is 8.52. The molecule has 2 aliphatic heterocycles. The van der Waals surface area contributed by atoms with Gasteiger partial charge < -0.3 is 5.73 Å². The minimum Gasteiger partial charge on any atom is -0.327 e. The van der Waals surface area contributed by atoms with Crippen LogP contribution in [0.5, 0.6) is 0 Å². The van der Waals surface area contributed by atoms with Crippen molar-refractivity contribution in [2.24, 2.45) is 11.7 Å². The van der Waals surface area contributed by atoms with Crippen molar-refractivity contribution in [2.75, 3.05) is 26.2 Å². The lowest BCUT2D eigenvalue weighted by Gasteiger charge is -2.39. The van der Waals surface area contributed by atoms with Crippen LogP contribution in [0, 0.1) is 5.92 Å². The third-order valence-corrected chi connectivity index (χ3v) is 5.36. The summed E-state index contributed by atoms with van der Waals surface area (Å²) in [6.45, 7) is 8.24. The van der Waals surface area contributed by atoms with E-state index in [-0.39, 0.29) is 0 Å². The zero-order valence-corrected chi connectivity index (χ0v) is 13.2. The number of piperidine rings is 1. The predicted octanol–water partition coefficient (Wildman–Crippen LogP) is 2.32. The molecule has 2 aliphatic rings. The molecule has 0 saturated carbocycles. The summed E-state index contributed by atoms with van der Waals surface area (Å²) < 4.78 is 0. The Morgan fingerprint density at radius 3 is 2.67 bits per heavy atom. The second kappa shape index (κ2) is 6.91. The summed E-state index contributed by atoms with van der Waals surface area (Å²) in [5.74, 6) is 0.696. The van der Waals surface area contributed by atoms with Crippen LogP contribution in [0.3, 0.4) is 0 Å². The summed E-state index contributed by atoms with van der Waals surface area (Å²) in [7, 11) is 0. The van der Waals surface area contributed by atoms with Gasteiger partial charge in [0.05, 0.1) is 0 Å². The van der Waals surface area contributed by atoms with Gasteiger partial charge in [0.2, 0.25) is 0 Å². The molecule has 0 aromatic heterocycles. The number of nitrogens with zero attached hydrogens (tertiary/aromatic N) is 2. The van der Waals surface area contributed by atoms with Crippen LogP contribution in [0.4, 0.5) is 0 Å². The number of hydrogen-bond acceptors (Lipinski definition) is 3. The molecule has 0 amide bonds. The van der Waals surface area contributed by atoms with Gasteiger partial charge in [-0.15, -0.1) is 0 Å². The van der Waals surface area contributed by atoms with Crippen LogP contribution in [-0.2, 0) is 6.54 Å². The van der Waals surface area contributed by atoms with Crippen molar-refractivity contribution in [1.82, 2.24) is 9.80 Å². The molecule has 3 heteroatoms. The molecule has 0 spiro atoms. The maximum absolute atomic E-state index is 6.24. The van der Waals surface area contributed by atoms with E-state index in [0.29, 0.717) is 12.0 Å². The van der Waals surface area contributed by atoms with Gasteiger partial charge >= 0.3 is 0 Å². The van der Waals surface area contributed by atoms with Gasteiger partial charge in [-0.25, -0.2) is 0 Å². The predicted molar refractivity (Wildman–Crippen MR) is 88.1 cm³/mol. The molecule has 0 bridgehead atoms. The van der Waals surface area contributed by atoms with Gasteiger partial charge in [-0.05, 0) is 30.9 Å². The van der Waals surface area contributed by atoms with Gasteiger partial charge in [-0.3, -0.25) is 9.80 Å². The van der Waals surface area contributed by atoms with Gasteiger partial charge in [-0.1, -0.05) is 43.7 Å². The minimum atomic E-state index is 0.424. The molecular weight excluding hydrogens is 258 g/mol. The Balaban J connectivity index is 1.52. The maximum Gasteiger partial charge on any atom is 0.0235 e. The number of nitrogens with two attached hydrogens (primary N) is 1. The first kappa shape index (κ1) is 15.0. The van der Waals surface area contributed by atoms with Crippen molar-refractivity contribution < 1.29 is 0 Å². The highest BCUT2D eigenvalue weighted by molar-refractivity contribution is 5.14. The summed E-state index contributed by atoms with van der Waals surface area (Å²) in [5, 5.41) is 0. The van der Waals surface area contributed by atoms with E-state index in [1.165, 1.54) is 51.0 Å². The van der Waals surface area contributed by atoms with Crippen molar-refractivity contribution in [2.45, 2.75) is 44.8 Å². The number of benzene rings is 1. The van der Waals surface area contributed by atoms with E-state index in [0.717, 1.165) is 12.6 Å². The van der Waals surface area contributed by atoms with Gasteiger partial charge in [0.1, 0.15) is 0 Å². The Kier molecular flexibility index (Phi) is 4.94. The lowest BCUT2D eigenvalue weighted by molar-refractivity contribution is 0.107. The van der Waals surface area contributed by atoms with Crippen LogP contribution in [0.15, 0.2) is 30.3 Å². The largest absolute Gasteiger partial charge is 0.327 e. The Morgan fingerprint density at radius 1 is 1.10 bits per heavy atom. The molecule has 2 heterocycles. The molecule has 0 aliphatic carbocycles. The fraction of sp³-hybridized carbons (Fsp3) is 0.667. The maximum atomic E-state index is 6.24. The normalized spacial score (nSPS) is 31.6. The van der Waals surface area contributed by atoms with Crippen LogP contribution in [0.25, 0.3) is 0 Å². The zero-order valence-electron chi connectivity index (χ0n) is 13.2. The molecule has 3 nitrogen and oxygen atoms in total. The van der Waals surface area contributed by atoms with Crippen molar-refractivity contribution in [3.63, 3.8) is 0 Å². The summed E-state index contributed by atoms with van der Waals surface area (Å²) in [6, 6.07) is 12.0. The highest BCUT2D eigenvalue weighted by Crippen LogP contribution is 2.25. The van der Waals surface area contributed by atoms with Gasteiger partial charge in [0, 0.05) is 38.3 Å². The fourth-order valence-electron chi connectivity index (χ4n) is 3.94. The van der Waals surface area contributed by atoms with E-state index in [4.69, 9.17) is 5.73 Å². The smallest absolute Gasteiger partial charge is 0.0235 e. The molecule has 3 rings (SSSR count). The topological polar surface area (TPSA) is 32.5 Å². The summed E-state index contributed by atoms with van der Waals surface area (Å²) in [5.41, 5.74) is 7.68. The first-order chi connectivity index (χ1) is 10.3. The van der Waals surface area contributed by atoms with E-state index in [1.807, 2.05) is 0 Å². The van der Waals surface area contributed by atoms with E-state index < -0.39 is 0 Å². The summed E-state index contributed by atoms with van der Waals surface area (Å²) >= 11 is 0. The second-order valence-electron chi connectivity index (χ2n) is 6.78. The van der Waals surface area contributed by atoms with Crippen molar-refractivity contribution in [3.8, 4) is 0 Å². The molecule has 3 unspecified atom stereocenters. The van der Waals surface area contributed by atoms with Crippen molar-refractivity contribution in [3.05, 3.63) is 35.9 Å². The quantitative estimate of drug-likeness (QED) is 0.922. The molecule has 2 fully saturated rings.